The third-order valence-electron chi connectivity index (χ3n) is 5.28. The molecule has 3 aromatic rings. The molecule has 0 unspecified atom stereocenters. The maximum atomic E-state index is 12.9. The Morgan fingerprint density at radius 3 is 2.73 bits per heavy atom. The Balaban J connectivity index is 1.51. The second-order valence-corrected chi connectivity index (χ2v) is 7.85. The Morgan fingerprint density at radius 1 is 1.23 bits per heavy atom. The molecule has 0 bridgehead atoms. The number of aromatic hydroxyl groups is 1. The number of nitrogens with zero attached hydrogens (tertiary/aromatic N) is 1. The maximum Gasteiger partial charge on any atom is 0.257 e. The van der Waals surface area contributed by atoms with E-state index < -0.39 is 0 Å². The van der Waals surface area contributed by atoms with Gasteiger partial charge in [-0.15, -0.1) is 0 Å². The average molecular weight is 413 g/mol. The third kappa shape index (κ3) is 3.01. The van der Waals surface area contributed by atoms with Gasteiger partial charge >= 0.3 is 0 Å². The van der Waals surface area contributed by atoms with Gasteiger partial charge < -0.3 is 15.0 Å². The molecule has 0 aliphatic carbocycles. The Kier molecular flexibility index (Phi) is 4.49. The van der Waals surface area contributed by atoms with Crippen LogP contribution in [0.4, 0.5) is 0 Å². The summed E-state index contributed by atoms with van der Waals surface area (Å²) in [5.74, 6) is 0.386. The predicted molar refractivity (Wildman–Crippen MR) is 107 cm³/mol. The lowest BCUT2D eigenvalue weighted by Gasteiger charge is -2.32. The Morgan fingerprint density at radius 2 is 1.96 bits per heavy atom. The van der Waals surface area contributed by atoms with Crippen molar-refractivity contribution in [2.45, 2.75) is 25.7 Å². The van der Waals surface area contributed by atoms with Crippen molar-refractivity contribution in [1.29, 1.82) is 0 Å². The van der Waals surface area contributed by atoms with Crippen LogP contribution in [0.15, 0.2) is 47.1 Å². The molecule has 5 heteroatoms. The van der Waals surface area contributed by atoms with Crippen molar-refractivity contribution >= 4 is 32.7 Å². The van der Waals surface area contributed by atoms with Crippen LogP contribution in [0.25, 0.3) is 10.9 Å². The first-order valence-corrected chi connectivity index (χ1v) is 9.68. The summed E-state index contributed by atoms with van der Waals surface area (Å²) >= 11 is 3.32. The highest BCUT2D eigenvalue weighted by Gasteiger charge is 2.27. The Labute approximate surface area is 161 Å². The molecule has 0 atom stereocenters. The van der Waals surface area contributed by atoms with Crippen molar-refractivity contribution < 1.29 is 9.90 Å². The molecule has 1 aliphatic rings. The second-order valence-electron chi connectivity index (χ2n) is 7.00. The van der Waals surface area contributed by atoms with Crippen LogP contribution in [0.3, 0.4) is 0 Å². The van der Waals surface area contributed by atoms with E-state index in [4.69, 9.17) is 0 Å². The van der Waals surface area contributed by atoms with E-state index in [0.717, 1.165) is 23.9 Å². The quantitative estimate of drug-likeness (QED) is 0.624. The summed E-state index contributed by atoms with van der Waals surface area (Å²) in [6.07, 6.45) is 3.97. The molecule has 2 aromatic carbocycles. The van der Waals surface area contributed by atoms with Gasteiger partial charge in [-0.25, -0.2) is 0 Å². The van der Waals surface area contributed by atoms with E-state index in [1.165, 1.54) is 10.9 Å². The van der Waals surface area contributed by atoms with Gasteiger partial charge in [-0.05, 0) is 70.9 Å². The number of aromatic amines is 1. The number of phenols is 1. The summed E-state index contributed by atoms with van der Waals surface area (Å²) in [6, 6.07) is 11.9. The topological polar surface area (TPSA) is 56.3 Å². The number of aromatic nitrogens is 1. The number of carbonyl (C=O) groups is 1. The first kappa shape index (κ1) is 17.2. The molecule has 1 saturated heterocycles. The van der Waals surface area contributed by atoms with Crippen molar-refractivity contribution in [3.05, 3.63) is 63.8 Å². The minimum atomic E-state index is -0.0933. The SMILES string of the molecule is Cc1cc(Br)c(O)c(C(=O)N2CCC(c3c[nH]c4ccccc34)CC2)c1. The highest BCUT2D eigenvalue weighted by molar-refractivity contribution is 9.10. The molecular formula is C21H21BrN2O2. The zero-order chi connectivity index (χ0) is 18.3. The van der Waals surface area contributed by atoms with Crippen LogP contribution in [0, 0.1) is 6.92 Å². The standard InChI is InChI=1S/C21H21BrN2O2/c1-13-10-16(20(25)18(22)11-13)21(26)24-8-6-14(7-9-24)17-12-23-19-5-3-2-4-15(17)19/h2-5,10-12,14,23,25H,6-9H2,1H3. The molecule has 4 rings (SSSR count). The molecule has 1 fully saturated rings. The lowest BCUT2D eigenvalue weighted by atomic mass is 9.89. The summed E-state index contributed by atoms with van der Waals surface area (Å²) in [6.45, 7) is 3.33. The molecule has 0 radical (unpaired) electrons. The summed E-state index contributed by atoms with van der Waals surface area (Å²) in [5.41, 5.74) is 3.83. The van der Waals surface area contributed by atoms with Gasteiger partial charge in [-0.3, -0.25) is 4.79 Å². The summed E-state index contributed by atoms with van der Waals surface area (Å²) < 4.78 is 0.564. The van der Waals surface area contributed by atoms with Crippen LogP contribution in [-0.4, -0.2) is 34.0 Å². The number of aryl methyl sites for hydroxylation is 1. The second kappa shape index (κ2) is 6.80. The average Bonchev–Trinajstić information content (AvgIpc) is 3.08. The van der Waals surface area contributed by atoms with Gasteiger partial charge in [0.05, 0.1) is 10.0 Å². The normalized spacial score (nSPS) is 15.5. The lowest BCUT2D eigenvalue weighted by molar-refractivity contribution is 0.0710. The molecule has 1 amide bonds. The van der Waals surface area contributed by atoms with Gasteiger partial charge in [0.2, 0.25) is 0 Å². The number of amides is 1. The molecule has 26 heavy (non-hydrogen) atoms. The number of fused-ring (bicyclic) bond motifs is 1. The highest BCUT2D eigenvalue weighted by atomic mass is 79.9. The number of piperidine rings is 1. The smallest absolute Gasteiger partial charge is 0.257 e. The number of rotatable bonds is 2. The molecule has 0 saturated carbocycles. The lowest BCUT2D eigenvalue weighted by Crippen LogP contribution is -2.38. The van der Waals surface area contributed by atoms with Crippen LogP contribution >= 0.6 is 15.9 Å². The van der Waals surface area contributed by atoms with Crippen LogP contribution in [0.1, 0.15) is 40.2 Å². The van der Waals surface area contributed by atoms with Crippen LogP contribution < -0.4 is 0 Å². The Bertz CT molecular complexity index is 971. The number of hydrogen-bond acceptors (Lipinski definition) is 2. The number of nitrogens with one attached hydrogen (secondary N) is 1. The molecule has 2 N–H and O–H groups in total. The van der Waals surface area contributed by atoms with Gasteiger partial charge in [-0.1, -0.05) is 18.2 Å². The van der Waals surface area contributed by atoms with Crippen LogP contribution in [0.5, 0.6) is 5.75 Å². The minimum absolute atomic E-state index is 0.0272. The number of halogens is 1. The van der Waals surface area contributed by atoms with Gasteiger partial charge in [0.25, 0.3) is 5.91 Å². The van der Waals surface area contributed by atoms with Crippen LogP contribution in [-0.2, 0) is 0 Å². The fourth-order valence-electron chi connectivity index (χ4n) is 3.89. The molecule has 4 nitrogen and oxygen atoms in total. The van der Waals surface area contributed by atoms with Crippen molar-refractivity contribution in [2.24, 2.45) is 0 Å². The first-order chi connectivity index (χ1) is 12.5. The summed E-state index contributed by atoms with van der Waals surface area (Å²) in [7, 11) is 0. The number of phenolic OH excluding ortho intramolecular Hbond substituents is 1. The zero-order valence-corrected chi connectivity index (χ0v) is 16.2. The van der Waals surface area contributed by atoms with Gasteiger partial charge in [0.15, 0.2) is 0 Å². The zero-order valence-electron chi connectivity index (χ0n) is 14.6. The van der Waals surface area contributed by atoms with Gasteiger partial charge in [0, 0.05) is 30.2 Å². The fourth-order valence-corrected chi connectivity index (χ4v) is 4.47. The minimum Gasteiger partial charge on any atom is -0.506 e. The van der Waals surface area contributed by atoms with Crippen molar-refractivity contribution in [2.75, 3.05) is 13.1 Å². The molecule has 2 heterocycles. The molecule has 0 spiro atoms. The van der Waals surface area contributed by atoms with E-state index >= 15 is 0 Å². The number of likely N-dealkylation sites (tertiary alicyclic amines) is 1. The largest absolute Gasteiger partial charge is 0.506 e. The Hall–Kier alpha value is -2.27. The number of H-pyrrole nitrogens is 1. The van der Waals surface area contributed by atoms with E-state index in [2.05, 4.69) is 45.3 Å². The van der Waals surface area contributed by atoms with E-state index in [1.54, 1.807) is 6.07 Å². The van der Waals surface area contributed by atoms with E-state index in [1.807, 2.05) is 24.0 Å². The molecule has 1 aliphatic heterocycles. The van der Waals surface area contributed by atoms with Crippen LogP contribution in [0.2, 0.25) is 0 Å². The highest BCUT2D eigenvalue weighted by Crippen LogP contribution is 2.35. The van der Waals surface area contributed by atoms with Crippen molar-refractivity contribution in [3.8, 4) is 5.75 Å². The first-order valence-electron chi connectivity index (χ1n) is 8.89. The molecular weight excluding hydrogens is 392 g/mol. The summed E-state index contributed by atoms with van der Waals surface area (Å²) in [4.78, 5) is 18.1. The number of benzene rings is 2. The maximum absolute atomic E-state index is 12.9. The van der Waals surface area contributed by atoms with Crippen molar-refractivity contribution in [3.63, 3.8) is 0 Å². The molecule has 1 aromatic heterocycles. The molecule has 134 valence electrons. The number of hydrogen-bond donors (Lipinski definition) is 2. The number of para-hydroxylation sites is 1. The van der Waals surface area contributed by atoms with E-state index in [-0.39, 0.29) is 11.7 Å². The summed E-state index contributed by atoms with van der Waals surface area (Å²) in [5, 5.41) is 11.5. The fraction of sp³-hybridized carbons (Fsp3) is 0.286. The monoisotopic (exact) mass is 412 g/mol. The number of carbonyl (C=O) groups excluding carboxylic acids is 1. The van der Waals surface area contributed by atoms with E-state index in [9.17, 15) is 9.90 Å². The van der Waals surface area contributed by atoms with Crippen molar-refractivity contribution in [1.82, 2.24) is 9.88 Å². The van der Waals surface area contributed by atoms with Gasteiger partial charge in [0.1, 0.15) is 5.75 Å². The van der Waals surface area contributed by atoms with E-state index in [0.29, 0.717) is 29.0 Å². The third-order valence-corrected chi connectivity index (χ3v) is 5.89. The predicted octanol–water partition coefficient (Wildman–Crippen LogP) is 4.96. The van der Waals surface area contributed by atoms with Gasteiger partial charge in [-0.2, -0.15) is 0 Å².